The zero-order valence-corrected chi connectivity index (χ0v) is 12.3. The lowest BCUT2D eigenvalue weighted by atomic mass is 10.1. The molecular formula is C16H19N3O3. The van der Waals surface area contributed by atoms with Crippen molar-refractivity contribution in [1.29, 1.82) is 0 Å². The van der Waals surface area contributed by atoms with Crippen molar-refractivity contribution < 1.29 is 14.6 Å². The van der Waals surface area contributed by atoms with Crippen molar-refractivity contribution in [2.24, 2.45) is 4.99 Å². The minimum absolute atomic E-state index is 0.144. The SMILES string of the molecule is Nc1ccc2c(c1)c(C1=NCCOC1)c(O)n2C1CCOC1. The number of nitrogen functional groups attached to an aromatic ring is 1. The minimum Gasteiger partial charge on any atom is -0.494 e. The summed E-state index contributed by atoms with van der Waals surface area (Å²) in [6, 6.07) is 5.85. The summed E-state index contributed by atoms with van der Waals surface area (Å²) in [5.41, 5.74) is 9.12. The van der Waals surface area contributed by atoms with Crippen LogP contribution in [-0.4, -0.2) is 48.4 Å². The molecule has 1 fully saturated rings. The Kier molecular flexibility index (Phi) is 3.28. The van der Waals surface area contributed by atoms with Gasteiger partial charge in [0.05, 0.1) is 49.2 Å². The maximum Gasteiger partial charge on any atom is 0.201 e. The zero-order chi connectivity index (χ0) is 15.1. The van der Waals surface area contributed by atoms with Crippen LogP contribution in [0.3, 0.4) is 0 Å². The summed E-state index contributed by atoms with van der Waals surface area (Å²) in [5, 5.41) is 11.8. The standard InChI is InChI=1S/C16H19N3O3/c17-10-1-2-14-12(7-10)15(13-9-22-6-4-18-13)16(20)19(14)11-3-5-21-8-11/h1-2,7,11,20H,3-6,8-9,17H2. The van der Waals surface area contributed by atoms with Gasteiger partial charge in [0.1, 0.15) is 0 Å². The first-order chi connectivity index (χ1) is 10.8. The fourth-order valence-corrected chi connectivity index (χ4v) is 3.31. The highest BCUT2D eigenvalue weighted by Gasteiger charge is 2.28. The molecule has 0 saturated carbocycles. The number of aromatic hydroxyl groups is 1. The molecule has 116 valence electrons. The van der Waals surface area contributed by atoms with E-state index in [0.29, 0.717) is 32.1 Å². The highest BCUT2D eigenvalue weighted by molar-refractivity contribution is 6.14. The van der Waals surface area contributed by atoms with Crippen LogP contribution in [0.25, 0.3) is 10.9 Å². The lowest BCUT2D eigenvalue weighted by molar-refractivity contribution is 0.171. The van der Waals surface area contributed by atoms with Crippen LogP contribution in [0.1, 0.15) is 18.0 Å². The van der Waals surface area contributed by atoms with Gasteiger partial charge in [-0.1, -0.05) is 0 Å². The number of fused-ring (bicyclic) bond motifs is 1. The third-order valence-electron chi connectivity index (χ3n) is 4.34. The third kappa shape index (κ3) is 2.07. The number of nitrogens with zero attached hydrogens (tertiary/aromatic N) is 2. The van der Waals surface area contributed by atoms with Crippen molar-refractivity contribution >= 4 is 22.3 Å². The van der Waals surface area contributed by atoms with E-state index in [1.165, 1.54) is 0 Å². The summed E-state index contributed by atoms with van der Waals surface area (Å²) in [5.74, 6) is 0.236. The summed E-state index contributed by atoms with van der Waals surface area (Å²) >= 11 is 0. The normalized spacial score (nSPS) is 22.2. The average Bonchev–Trinajstić information content (AvgIpc) is 3.13. The lowest BCUT2D eigenvalue weighted by Gasteiger charge is -2.15. The van der Waals surface area contributed by atoms with Gasteiger partial charge in [-0.2, -0.15) is 0 Å². The number of aliphatic imine (C=N–C) groups is 1. The second kappa shape index (κ2) is 5.30. The van der Waals surface area contributed by atoms with E-state index in [-0.39, 0.29) is 11.9 Å². The Bertz CT molecular complexity index is 745. The minimum atomic E-state index is 0.144. The van der Waals surface area contributed by atoms with Crippen LogP contribution >= 0.6 is 0 Å². The smallest absolute Gasteiger partial charge is 0.201 e. The van der Waals surface area contributed by atoms with Crippen LogP contribution < -0.4 is 5.73 Å². The third-order valence-corrected chi connectivity index (χ3v) is 4.34. The van der Waals surface area contributed by atoms with Gasteiger partial charge in [-0.25, -0.2) is 0 Å². The Morgan fingerprint density at radius 2 is 2.18 bits per heavy atom. The van der Waals surface area contributed by atoms with E-state index in [1.807, 2.05) is 22.8 Å². The molecule has 0 amide bonds. The number of aromatic nitrogens is 1. The molecule has 1 aromatic heterocycles. The van der Waals surface area contributed by atoms with E-state index < -0.39 is 0 Å². The van der Waals surface area contributed by atoms with Gasteiger partial charge >= 0.3 is 0 Å². The quantitative estimate of drug-likeness (QED) is 0.827. The molecule has 22 heavy (non-hydrogen) atoms. The van der Waals surface area contributed by atoms with Crippen LogP contribution in [0.2, 0.25) is 0 Å². The molecule has 1 atom stereocenters. The van der Waals surface area contributed by atoms with Gasteiger partial charge in [0.15, 0.2) is 0 Å². The fraction of sp³-hybridized carbons (Fsp3) is 0.438. The summed E-state index contributed by atoms with van der Waals surface area (Å²) in [6.07, 6.45) is 0.893. The molecule has 2 aliphatic rings. The Labute approximate surface area is 128 Å². The first-order valence-electron chi connectivity index (χ1n) is 7.57. The van der Waals surface area contributed by atoms with E-state index >= 15 is 0 Å². The second-order valence-corrected chi connectivity index (χ2v) is 5.74. The van der Waals surface area contributed by atoms with Crippen LogP contribution in [-0.2, 0) is 9.47 Å². The van der Waals surface area contributed by atoms with Crippen molar-refractivity contribution in [1.82, 2.24) is 4.57 Å². The highest BCUT2D eigenvalue weighted by Crippen LogP contribution is 2.38. The van der Waals surface area contributed by atoms with Gasteiger partial charge in [0.2, 0.25) is 5.88 Å². The average molecular weight is 301 g/mol. The molecule has 0 bridgehead atoms. The predicted octanol–water partition coefficient (Wildman–Crippen LogP) is 1.71. The maximum absolute atomic E-state index is 10.8. The molecule has 6 heteroatoms. The van der Waals surface area contributed by atoms with Crippen LogP contribution in [0.5, 0.6) is 5.88 Å². The molecule has 1 saturated heterocycles. The fourth-order valence-electron chi connectivity index (χ4n) is 3.31. The summed E-state index contributed by atoms with van der Waals surface area (Å²) in [6.45, 7) is 3.00. The number of hydrogen-bond donors (Lipinski definition) is 2. The number of ether oxygens (including phenoxy) is 2. The molecule has 0 aliphatic carbocycles. The second-order valence-electron chi connectivity index (χ2n) is 5.74. The molecule has 3 N–H and O–H groups in total. The van der Waals surface area contributed by atoms with Crippen molar-refractivity contribution in [3.8, 4) is 5.88 Å². The Hall–Kier alpha value is -2.05. The molecular weight excluding hydrogens is 282 g/mol. The van der Waals surface area contributed by atoms with E-state index in [9.17, 15) is 5.11 Å². The van der Waals surface area contributed by atoms with E-state index in [1.54, 1.807) is 0 Å². The Balaban J connectivity index is 1.96. The molecule has 0 spiro atoms. The van der Waals surface area contributed by atoms with Gasteiger partial charge in [0.25, 0.3) is 0 Å². The lowest BCUT2D eigenvalue weighted by Crippen LogP contribution is -2.19. The number of rotatable bonds is 2. The van der Waals surface area contributed by atoms with Crippen LogP contribution in [0.15, 0.2) is 23.2 Å². The maximum atomic E-state index is 10.8. The van der Waals surface area contributed by atoms with E-state index in [4.69, 9.17) is 15.2 Å². The van der Waals surface area contributed by atoms with Crippen molar-refractivity contribution in [2.75, 3.05) is 38.7 Å². The van der Waals surface area contributed by atoms with Gasteiger partial charge in [0, 0.05) is 17.7 Å². The molecule has 3 heterocycles. The molecule has 2 aliphatic heterocycles. The number of anilines is 1. The summed E-state index contributed by atoms with van der Waals surface area (Å²) in [7, 11) is 0. The first-order valence-corrected chi connectivity index (χ1v) is 7.57. The summed E-state index contributed by atoms with van der Waals surface area (Å²) in [4.78, 5) is 4.53. The van der Waals surface area contributed by atoms with Crippen LogP contribution in [0, 0.1) is 0 Å². The number of hydrogen-bond acceptors (Lipinski definition) is 5. The number of nitrogens with two attached hydrogens (primary N) is 1. The van der Waals surface area contributed by atoms with Crippen molar-refractivity contribution in [3.63, 3.8) is 0 Å². The Morgan fingerprint density at radius 3 is 2.91 bits per heavy atom. The van der Waals surface area contributed by atoms with Gasteiger partial charge in [-0.05, 0) is 24.6 Å². The van der Waals surface area contributed by atoms with Gasteiger partial charge in [-0.15, -0.1) is 0 Å². The molecule has 1 aromatic carbocycles. The van der Waals surface area contributed by atoms with E-state index in [2.05, 4.69) is 4.99 Å². The van der Waals surface area contributed by atoms with Gasteiger partial charge < -0.3 is 24.9 Å². The molecule has 4 rings (SSSR count). The van der Waals surface area contributed by atoms with Crippen molar-refractivity contribution in [3.05, 3.63) is 23.8 Å². The molecule has 2 aromatic rings. The number of benzene rings is 1. The first kappa shape index (κ1) is 13.6. The predicted molar refractivity (Wildman–Crippen MR) is 84.7 cm³/mol. The zero-order valence-electron chi connectivity index (χ0n) is 12.3. The van der Waals surface area contributed by atoms with Gasteiger partial charge in [-0.3, -0.25) is 4.99 Å². The van der Waals surface area contributed by atoms with Crippen molar-refractivity contribution in [2.45, 2.75) is 12.5 Å². The monoisotopic (exact) mass is 301 g/mol. The van der Waals surface area contributed by atoms with Crippen LogP contribution in [0.4, 0.5) is 5.69 Å². The molecule has 6 nitrogen and oxygen atoms in total. The largest absolute Gasteiger partial charge is 0.494 e. The topological polar surface area (TPSA) is 82.0 Å². The molecule has 0 radical (unpaired) electrons. The highest BCUT2D eigenvalue weighted by atomic mass is 16.5. The van der Waals surface area contributed by atoms with E-state index in [0.717, 1.165) is 35.2 Å². The Morgan fingerprint density at radius 1 is 1.27 bits per heavy atom. The molecule has 1 unspecified atom stereocenters. The summed E-state index contributed by atoms with van der Waals surface area (Å²) < 4.78 is 12.9.